The molecule has 3 aromatic carbocycles. The molecule has 3 aromatic rings. The Balaban J connectivity index is 1.84. The Bertz CT molecular complexity index is 1160. The fourth-order valence-corrected chi connectivity index (χ4v) is 2.79. The first-order valence-electron chi connectivity index (χ1n) is 8.78. The van der Waals surface area contributed by atoms with E-state index in [4.69, 9.17) is 9.47 Å². The number of nitrogens with one attached hydrogen (secondary N) is 1. The van der Waals surface area contributed by atoms with E-state index in [0.717, 1.165) is 10.8 Å². The zero-order valence-corrected chi connectivity index (χ0v) is 15.9. The van der Waals surface area contributed by atoms with Crippen LogP contribution in [0.4, 0.5) is 5.69 Å². The molecule has 6 heteroatoms. The van der Waals surface area contributed by atoms with Crippen LogP contribution in [0.25, 0.3) is 16.8 Å². The third-order valence-corrected chi connectivity index (χ3v) is 4.12. The van der Waals surface area contributed by atoms with Crippen molar-refractivity contribution in [1.82, 2.24) is 0 Å². The maximum absolute atomic E-state index is 12.5. The summed E-state index contributed by atoms with van der Waals surface area (Å²) >= 11 is 0. The van der Waals surface area contributed by atoms with Crippen molar-refractivity contribution in [1.29, 1.82) is 5.26 Å². The summed E-state index contributed by atoms with van der Waals surface area (Å²) in [4.78, 5) is 23.7. The second-order valence-electron chi connectivity index (χ2n) is 6.19. The van der Waals surface area contributed by atoms with Gasteiger partial charge in [-0.3, -0.25) is 9.59 Å². The van der Waals surface area contributed by atoms with Crippen LogP contribution in [0.1, 0.15) is 12.5 Å². The highest BCUT2D eigenvalue weighted by atomic mass is 16.6. The molecule has 0 aliphatic carbocycles. The van der Waals surface area contributed by atoms with Gasteiger partial charge in [-0.15, -0.1) is 0 Å². The number of hydrogen-bond acceptors (Lipinski definition) is 5. The molecule has 144 valence electrons. The summed E-state index contributed by atoms with van der Waals surface area (Å²) in [5, 5.41) is 14.2. The first kappa shape index (κ1) is 19.6. The molecule has 1 N–H and O–H groups in total. The van der Waals surface area contributed by atoms with Crippen molar-refractivity contribution in [3.8, 4) is 17.6 Å². The van der Waals surface area contributed by atoms with Crippen LogP contribution in [0.15, 0.2) is 66.2 Å². The van der Waals surface area contributed by atoms with Gasteiger partial charge in [0, 0.05) is 12.6 Å². The molecule has 0 bridgehead atoms. The van der Waals surface area contributed by atoms with Crippen molar-refractivity contribution in [2.45, 2.75) is 6.92 Å². The number of hydrogen-bond donors (Lipinski definition) is 1. The second kappa shape index (κ2) is 8.72. The monoisotopic (exact) mass is 386 g/mol. The van der Waals surface area contributed by atoms with Crippen LogP contribution in [0.2, 0.25) is 0 Å². The summed E-state index contributed by atoms with van der Waals surface area (Å²) in [5.74, 6) is -0.415. The van der Waals surface area contributed by atoms with Crippen LogP contribution in [0.5, 0.6) is 11.5 Å². The number of methoxy groups -OCH3 is 1. The summed E-state index contributed by atoms with van der Waals surface area (Å²) in [7, 11) is 1.44. The van der Waals surface area contributed by atoms with Crippen LogP contribution >= 0.6 is 0 Å². The number of benzene rings is 3. The summed E-state index contributed by atoms with van der Waals surface area (Å²) in [6.45, 7) is 1.29. The maximum atomic E-state index is 12.5. The third-order valence-electron chi connectivity index (χ3n) is 4.12. The second-order valence-corrected chi connectivity index (χ2v) is 6.19. The maximum Gasteiger partial charge on any atom is 0.308 e. The Morgan fingerprint density at radius 3 is 2.45 bits per heavy atom. The third kappa shape index (κ3) is 4.79. The summed E-state index contributed by atoms with van der Waals surface area (Å²) in [6.07, 6.45) is 1.44. The number of rotatable bonds is 5. The lowest BCUT2D eigenvalue weighted by atomic mass is 10.1. The van der Waals surface area contributed by atoms with E-state index in [-0.39, 0.29) is 11.3 Å². The topological polar surface area (TPSA) is 88.4 Å². The van der Waals surface area contributed by atoms with Crippen molar-refractivity contribution in [2.24, 2.45) is 0 Å². The SMILES string of the molecule is COc1cc(/C=C(\C#N)C(=O)Nc2ccc3ccccc3c2)ccc1OC(C)=O. The molecule has 6 nitrogen and oxygen atoms in total. The van der Waals surface area contributed by atoms with E-state index >= 15 is 0 Å². The van der Waals surface area contributed by atoms with Gasteiger partial charge in [0.05, 0.1) is 7.11 Å². The largest absolute Gasteiger partial charge is 0.493 e. The van der Waals surface area contributed by atoms with E-state index in [1.165, 1.54) is 20.1 Å². The van der Waals surface area contributed by atoms with Crippen molar-refractivity contribution >= 4 is 34.4 Å². The van der Waals surface area contributed by atoms with Crippen molar-refractivity contribution < 1.29 is 19.1 Å². The molecule has 3 rings (SSSR count). The number of fused-ring (bicyclic) bond motifs is 1. The molecule has 0 aliphatic heterocycles. The highest BCUT2D eigenvalue weighted by Gasteiger charge is 2.12. The zero-order chi connectivity index (χ0) is 20.8. The molecule has 0 saturated heterocycles. The molecule has 0 aromatic heterocycles. The molecular formula is C23H18N2O4. The van der Waals surface area contributed by atoms with E-state index < -0.39 is 11.9 Å². The number of nitriles is 1. The molecule has 0 saturated carbocycles. The first-order valence-corrected chi connectivity index (χ1v) is 8.78. The van der Waals surface area contributed by atoms with Crippen molar-refractivity contribution in [3.05, 3.63) is 71.8 Å². The van der Waals surface area contributed by atoms with Crippen molar-refractivity contribution in [2.75, 3.05) is 12.4 Å². The van der Waals surface area contributed by atoms with Gasteiger partial charge in [-0.25, -0.2) is 0 Å². The molecule has 0 radical (unpaired) electrons. The minimum Gasteiger partial charge on any atom is -0.493 e. The lowest BCUT2D eigenvalue weighted by Gasteiger charge is -2.09. The van der Waals surface area contributed by atoms with Gasteiger partial charge in [0.2, 0.25) is 0 Å². The number of esters is 1. The Labute approximate surface area is 168 Å². The Morgan fingerprint density at radius 1 is 1.00 bits per heavy atom. The van der Waals surface area contributed by atoms with Crippen LogP contribution < -0.4 is 14.8 Å². The van der Waals surface area contributed by atoms with Crippen LogP contribution in [-0.4, -0.2) is 19.0 Å². The molecule has 29 heavy (non-hydrogen) atoms. The first-order chi connectivity index (χ1) is 14.0. The van der Waals surface area contributed by atoms with Gasteiger partial charge in [0.15, 0.2) is 11.5 Å². The van der Waals surface area contributed by atoms with Gasteiger partial charge < -0.3 is 14.8 Å². The summed E-state index contributed by atoms with van der Waals surface area (Å²) in [6, 6.07) is 20.0. The minimum atomic E-state index is -0.522. The molecule has 0 fully saturated rings. The van der Waals surface area contributed by atoms with Gasteiger partial charge in [-0.2, -0.15) is 5.26 Å². The van der Waals surface area contributed by atoms with Crippen LogP contribution in [0.3, 0.4) is 0 Å². The number of carbonyl (C=O) groups is 2. The fraction of sp³-hybridized carbons (Fsp3) is 0.0870. The molecule has 0 heterocycles. The van der Waals surface area contributed by atoms with E-state index in [1.807, 2.05) is 42.5 Å². The molecule has 0 spiro atoms. The number of amides is 1. The number of nitrogens with zero attached hydrogens (tertiary/aromatic N) is 1. The van der Waals surface area contributed by atoms with E-state index in [9.17, 15) is 14.9 Å². The average Bonchev–Trinajstić information content (AvgIpc) is 2.72. The molecular weight excluding hydrogens is 368 g/mol. The van der Waals surface area contributed by atoms with Crippen LogP contribution in [0, 0.1) is 11.3 Å². The van der Waals surface area contributed by atoms with Gasteiger partial charge in [-0.1, -0.05) is 36.4 Å². The van der Waals surface area contributed by atoms with Gasteiger partial charge in [0.25, 0.3) is 5.91 Å². The Morgan fingerprint density at radius 2 is 1.76 bits per heavy atom. The fourth-order valence-electron chi connectivity index (χ4n) is 2.79. The normalized spacial score (nSPS) is 10.9. The summed E-state index contributed by atoms with van der Waals surface area (Å²) < 4.78 is 10.3. The number of ether oxygens (including phenoxy) is 2. The minimum absolute atomic E-state index is 0.0690. The standard InChI is InChI=1S/C23H18N2O4/c1-15(26)29-21-10-7-16(12-22(21)28-2)11-19(14-24)23(27)25-20-9-8-17-5-3-4-6-18(17)13-20/h3-13H,1-2H3,(H,25,27)/b19-11+. The number of anilines is 1. The van der Waals surface area contributed by atoms with E-state index in [0.29, 0.717) is 17.0 Å². The molecule has 0 unspecified atom stereocenters. The summed E-state index contributed by atoms with van der Waals surface area (Å²) in [5.41, 5.74) is 1.08. The average molecular weight is 386 g/mol. The van der Waals surface area contributed by atoms with Gasteiger partial charge >= 0.3 is 5.97 Å². The Kier molecular flexibility index (Phi) is 5.91. The lowest BCUT2D eigenvalue weighted by Crippen LogP contribution is -2.13. The molecule has 1 amide bonds. The smallest absolute Gasteiger partial charge is 0.308 e. The predicted octanol–water partition coefficient (Wildman–Crippen LogP) is 4.32. The van der Waals surface area contributed by atoms with Gasteiger partial charge in [0.1, 0.15) is 11.6 Å². The molecule has 0 aliphatic rings. The van der Waals surface area contributed by atoms with Crippen LogP contribution in [-0.2, 0) is 9.59 Å². The van der Waals surface area contributed by atoms with E-state index in [2.05, 4.69) is 5.32 Å². The molecule has 0 atom stereocenters. The van der Waals surface area contributed by atoms with E-state index in [1.54, 1.807) is 24.3 Å². The zero-order valence-electron chi connectivity index (χ0n) is 15.9. The predicted molar refractivity (Wildman–Crippen MR) is 110 cm³/mol. The number of carbonyl (C=O) groups excluding carboxylic acids is 2. The lowest BCUT2D eigenvalue weighted by molar-refractivity contribution is -0.132. The van der Waals surface area contributed by atoms with Gasteiger partial charge in [-0.05, 0) is 46.7 Å². The quantitative estimate of drug-likeness (QED) is 0.305. The highest BCUT2D eigenvalue weighted by molar-refractivity contribution is 6.10. The highest BCUT2D eigenvalue weighted by Crippen LogP contribution is 2.29. The Hall–Kier alpha value is -4.11. The van der Waals surface area contributed by atoms with Crippen molar-refractivity contribution in [3.63, 3.8) is 0 Å².